The first-order valence-electron chi connectivity index (χ1n) is 7.37. The van der Waals surface area contributed by atoms with Crippen LogP contribution in [-0.4, -0.2) is 19.2 Å². The van der Waals surface area contributed by atoms with Gasteiger partial charge in [-0.2, -0.15) is 0 Å². The second kappa shape index (κ2) is 6.50. The third-order valence-corrected chi connectivity index (χ3v) is 4.05. The van der Waals surface area contributed by atoms with Crippen molar-refractivity contribution in [3.8, 4) is 11.5 Å². The number of hydrogen-bond donors (Lipinski definition) is 0. The van der Waals surface area contributed by atoms with Gasteiger partial charge in [0.15, 0.2) is 11.5 Å². The van der Waals surface area contributed by atoms with Gasteiger partial charge in [-0.1, -0.05) is 17.7 Å². The highest BCUT2D eigenvalue weighted by Gasteiger charge is 2.17. The van der Waals surface area contributed by atoms with Gasteiger partial charge in [0.1, 0.15) is 19.8 Å². The molecule has 1 aliphatic rings. The average Bonchev–Trinajstić information content (AvgIpc) is 2.55. The molecule has 0 radical (unpaired) electrons. The zero-order valence-corrected chi connectivity index (χ0v) is 13.8. The minimum absolute atomic E-state index is 0.127. The molecular weight excluding hydrogens is 316 g/mol. The van der Waals surface area contributed by atoms with E-state index in [0.29, 0.717) is 35.3 Å². The molecule has 0 saturated carbocycles. The summed E-state index contributed by atoms with van der Waals surface area (Å²) in [5.41, 5.74) is 3.50. The molecule has 0 bridgehead atoms. The van der Waals surface area contributed by atoms with Gasteiger partial charge in [0, 0.05) is 0 Å². The van der Waals surface area contributed by atoms with Gasteiger partial charge < -0.3 is 14.2 Å². The molecule has 0 N–H and O–H groups in total. The molecule has 0 atom stereocenters. The molecule has 0 fully saturated rings. The summed E-state index contributed by atoms with van der Waals surface area (Å²) >= 11 is 6.17. The number of carbonyl (C=O) groups is 1. The number of fused-ring (bicyclic) bond motifs is 1. The van der Waals surface area contributed by atoms with Crippen LogP contribution in [0.1, 0.15) is 27.0 Å². The molecule has 0 unspecified atom stereocenters. The molecule has 0 aliphatic carbocycles. The highest BCUT2D eigenvalue weighted by molar-refractivity contribution is 6.32. The van der Waals surface area contributed by atoms with Crippen LogP contribution in [0, 0.1) is 13.8 Å². The van der Waals surface area contributed by atoms with Gasteiger partial charge in [-0.3, -0.25) is 0 Å². The zero-order valence-electron chi connectivity index (χ0n) is 13.0. The number of aryl methyl sites for hydroxylation is 2. The number of benzene rings is 2. The summed E-state index contributed by atoms with van der Waals surface area (Å²) < 4.78 is 16.3. The van der Waals surface area contributed by atoms with Crippen molar-refractivity contribution in [2.24, 2.45) is 0 Å². The molecule has 1 heterocycles. The average molecular weight is 333 g/mol. The normalized spacial score (nSPS) is 12.8. The van der Waals surface area contributed by atoms with Crippen molar-refractivity contribution in [2.75, 3.05) is 13.2 Å². The number of ether oxygens (including phenoxy) is 3. The lowest BCUT2D eigenvalue weighted by Gasteiger charge is -2.20. The van der Waals surface area contributed by atoms with Crippen LogP contribution < -0.4 is 9.47 Å². The van der Waals surface area contributed by atoms with Crippen LogP contribution in [0.5, 0.6) is 11.5 Å². The maximum absolute atomic E-state index is 12.1. The van der Waals surface area contributed by atoms with Crippen LogP contribution in [0.3, 0.4) is 0 Å². The van der Waals surface area contributed by atoms with E-state index in [4.69, 9.17) is 25.8 Å². The Morgan fingerprint density at radius 2 is 1.91 bits per heavy atom. The van der Waals surface area contributed by atoms with Crippen molar-refractivity contribution < 1.29 is 19.0 Å². The number of esters is 1. The Labute approximate surface area is 139 Å². The Kier molecular flexibility index (Phi) is 4.44. The van der Waals surface area contributed by atoms with Gasteiger partial charge in [-0.25, -0.2) is 4.79 Å². The monoisotopic (exact) mass is 332 g/mol. The van der Waals surface area contributed by atoms with Crippen LogP contribution in [0.15, 0.2) is 30.3 Å². The topological polar surface area (TPSA) is 44.8 Å². The van der Waals surface area contributed by atoms with Crippen molar-refractivity contribution >= 4 is 17.6 Å². The van der Waals surface area contributed by atoms with Crippen LogP contribution in [0.4, 0.5) is 0 Å². The molecule has 0 spiro atoms. The van der Waals surface area contributed by atoms with Gasteiger partial charge in [-0.15, -0.1) is 0 Å². The maximum Gasteiger partial charge on any atom is 0.338 e. The van der Waals surface area contributed by atoms with Crippen molar-refractivity contribution in [3.63, 3.8) is 0 Å². The molecule has 0 saturated heterocycles. The minimum Gasteiger partial charge on any atom is -0.486 e. The number of halogens is 1. The van der Waals surface area contributed by atoms with E-state index < -0.39 is 0 Å². The molecule has 0 amide bonds. The lowest BCUT2D eigenvalue weighted by molar-refractivity contribution is 0.0472. The molecule has 2 aromatic rings. The second-order valence-corrected chi connectivity index (χ2v) is 5.88. The van der Waals surface area contributed by atoms with Crippen LogP contribution in [0.2, 0.25) is 5.02 Å². The van der Waals surface area contributed by atoms with Crippen LogP contribution in [-0.2, 0) is 11.3 Å². The van der Waals surface area contributed by atoms with E-state index in [9.17, 15) is 4.79 Å². The fraction of sp³-hybridized carbons (Fsp3) is 0.278. The number of rotatable bonds is 3. The third-order valence-electron chi connectivity index (χ3n) is 3.77. The summed E-state index contributed by atoms with van der Waals surface area (Å²) in [4.78, 5) is 12.1. The zero-order chi connectivity index (χ0) is 16.4. The van der Waals surface area contributed by atoms with Crippen LogP contribution >= 0.6 is 11.6 Å². The molecule has 0 aromatic heterocycles. The van der Waals surface area contributed by atoms with Gasteiger partial charge in [0.2, 0.25) is 0 Å². The summed E-state index contributed by atoms with van der Waals surface area (Å²) in [6.07, 6.45) is 0. The van der Waals surface area contributed by atoms with Gasteiger partial charge in [0.25, 0.3) is 0 Å². The van der Waals surface area contributed by atoms with E-state index in [1.54, 1.807) is 18.2 Å². The highest BCUT2D eigenvalue weighted by Crippen LogP contribution is 2.38. The van der Waals surface area contributed by atoms with E-state index >= 15 is 0 Å². The smallest absolute Gasteiger partial charge is 0.338 e. The predicted molar refractivity (Wildman–Crippen MR) is 87.5 cm³/mol. The molecule has 3 rings (SSSR count). The third kappa shape index (κ3) is 3.42. The van der Waals surface area contributed by atoms with Crippen molar-refractivity contribution in [2.45, 2.75) is 20.5 Å². The first-order valence-corrected chi connectivity index (χ1v) is 7.75. The maximum atomic E-state index is 12.1. The molecule has 23 heavy (non-hydrogen) atoms. The number of hydrogen-bond acceptors (Lipinski definition) is 4. The Balaban J connectivity index is 1.71. The molecule has 4 nitrogen and oxygen atoms in total. The summed E-state index contributed by atoms with van der Waals surface area (Å²) in [7, 11) is 0. The summed E-state index contributed by atoms with van der Waals surface area (Å²) in [5.74, 6) is 0.766. The summed E-state index contributed by atoms with van der Waals surface area (Å²) in [6, 6.07) is 9.01. The van der Waals surface area contributed by atoms with Gasteiger partial charge in [0.05, 0.1) is 10.6 Å². The minimum atomic E-state index is -0.362. The van der Waals surface area contributed by atoms with E-state index in [0.717, 1.165) is 16.7 Å². The standard InChI is InChI=1S/C18H17ClO4/c1-11-3-4-14(7-12(11)2)18(20)23-10-13-8-15(19)17-16(9-13)21-5-6-22-17/h3-4,7-9H,5-6,10H2,1-2H3. The predicted octanol–water partition coefficient (Wildman–Crippen LogP) is 4.09. The fourth-order valence-electron chi connectivity index (χ4n) is 2.35. The molecule has 5 heteroatoms. The SMILES string of the molecule is Cc1ccc(C(=O)OCc2cc(Cl)c3c(c2)OCCO3)cc1C. The molecular formula is C18H17ClO4. The van der Waals surface area contributed by atoms with E-state index in [2.05, 4.69) is 0 Å². The lowest BCUT2D eigenvalue weighted by Crippen LogP contribution is -2.16. The quantitative estimate of drug-likeness (QED) is 0.794. The lowest BCUT2D eigenvalue weighted by atomic mass is 10.1. The van der Waals surface area contributed by atoms with Gasteiger partial charge in [-0.05, 0) is 54.8 Å². The van der Waals surface area contributed by atoms with E-state index in [-0.39, 0.29) is 12.6 Å². The fourth-order valence-corrected chi connectivity index (χ4v) is 2.64. The molecule has 120 valence electrons. The summed E-state index contributed by atoms with van der Waals surface area (Å²) in [5, 5.41) is 0.458. The Hall–Kier alpha value is -2.20. The Bertz CT molecular complexity index is 755. The Morgan fingerprint density at radius 3 is 2.70 bits per heavy atom. The Morgan fingerprint density at radius 1 is 1.13 bits per heavy atom. The van der Waals surface area contributed by atoms with E-state index in [1.807, 2.05) is 26.0 Å². The highest BCUT2D eigenvalue weighted by atomic mass is 35.5. The first-order chi connectivity index (χ1) is 11.0. The van der Waals surface area contributed by atoms with Crippen molar-refractivity contribution in [3.05, 3.63) is 57.6 Å². The number of carbonyl (C=O) groups excluding carboxylic acids is 1. The van der Waals surface area contributed by atoms with Gasteiger partial charge >= 0.3 is 5.97 Å². The van der Waals surface area contributed by atoms with Crippen molar-refractivity contribution in [1.82, 2.24) is 0 Å². The van der Waals surface area contributed by atoms with Crippen molar-refractivity contribution in [1.29, 1.82) is 0 Å². The molecule has 1 aliphatic heterocycles. The summed E-state index contributed by atoms with van der Waals surface area (Å²) in [6.45, 7) is 5.06. The van der Waals surface area contributed by atoms with Crippen LogP contribution in [0.25, 0.3) is 0 Å². The van der Waals surface area contributed by atoms with E-state index in [1.165, 1.54) is 0 Å². The molecule has 2 aromatic carbocycles. The largest absolute Gasteiger partial charge is 0.486 e. The first kappa shape index (κ1) is 15.7. The second-order valence-electron chi connectivity index (χ2n) is 5.48.